The fourth-order valence-corrected chi connectivity index (χ4v) is 2.15. The highest BCUT2D eigenvalue weighted by molar-refractivity contribution is 5.88. The average molecular weight is 288 g/mol. The van der Waals surface area contributed by atoms with Crippen molar-refractivity contribution < 1.29 is 14.3 Å². The second-order valence-corrected chi connectivity index (χ2v) is 5.10. The smallest absolute Gasteiger partial charge is 0.335 e. The molecule has 0 aliphatic heterocycles. The number of aryl methyl sites for hydroxylation is 2. The highest BCUT2D eigenvalue weighted by atomic mass is 16.4. The number of rotatable bonds is 6. The highest BCUT2D eigenvalue weighted by Gasteiger charge is 2.13. The van der Waals surface area contributed by atoms with Crippen LogP contribution < -0.4 is 5.32 Å². The number of aromatic nitrogens is 1. The van der Waals surface area contributed by atoms with Gasteiger partial charge in [0.05, 0.1) is 11.6 Å². The maximum absolute atomic E-state index is 11.2. The second-order valence-electron chi connectivity index (χ2n) is 5.10. The summed E-state index contributed by atoms with van der Waals surface area (Å²) in [6.07, 6.45) is 1.67. The summed E-state index contributed by atoms with van der Waals surface area (Å²) in [6.45, 7) is 5.88. The third-order valence-electron chi connectivity index (χ3n) is 3.18. The van der Waals surface area contributed by atoms with E-state index in [1.54, 1.807) is 12.1 Å². The van der Waals surface area contributed by atoms with Crippen LogP contribution in [0.4, 0.5) is 5.82 Å². The van der Waals surface area contributed by atoms with Crippen LogP contribution in [0.15, 0.2) is 28.7 Å². The normalized spacial score (nSPS) is 12.1. The lowest BCUT2D eigenvalue weighted by Crippen LogP contribution is -2.10. The van der Waals surface area contributed by atoms with Gasteiger partial charge in [0.2, 0.25) is 0 Å². The van der Waals surface area contributed by atoms with E-state index in [1.165, 1.54) is 0 Å². The Hall–Kier alpha value is -2.30. The van der Waals surface area contributed by atoms with Gasteiger partial charge in [-0.2, -0.15) is 0 Å². The van der Waals surface area contributed by atoms with Crippen molar-refractivity contribution in [2.75, 3.05) is 5.32 Å². The second kappa shape index (κ2) is 6.43. The van der Waals surface area contributed by atoms with Gasteiger partial charge in [-0.15, -0.1) is 0 Å². The first-order valence-electron chi connectivity index (χ1n) is 7.06. The number of aromatic carboxylic acids is 1. The van der Waals surface area contributed by atoms with Gasteiger partial charge in [0.25, 0.3) is 0 Å². The summed E-state index contributed by atoms with van der Waals surface area (Å²) < 4.78 is 5.57. The van der Waals surface area contributed by atoms with Crippen LogP contribution in [-0.4, -0.2) is 16.1 Å². The molecule has 0 fully saturated rings. The molecule has 21 heavy (non-hydrogen) atoms. The van der Waals surface area contributed by atoms with Crippen LogP contribution in [-0.2, 0) is 6.42 Å². The van der Waals surface area contributed by atoms with Gasteiger partial charge in [0, 0.05) is 5.69 Å². The molecule has 0 saturated carbocycles. The predicted octanol–water partition coefficient (Wildman–Crippen LogP) is 3.81. The molecule has 2 rings (SSSR count). The lowest BCUT2D eigenvalue weighted by Gasteiger charge is -2.14. The van der Waals surface area contributed by atoms with E-state index in [-0.39, 0.29) is 11.6 Å². The Balaban J connectivity index is 2.23. The zero-order valence-electron chi connectivity index (χ0n) is 12.5. The number of carboxylic acids is 1. The van der Waals surface area contributed by atoms with Crippen molar-refractivity contribution in [3.05, 3.63) is 47.0 Å². The van der Waals surface area contributed by atoms with Crippen molar-refractivity contribution in [1.82, 2.24) is 4.98 Å². The minimum atomic E-state index is -0.945. The first kappa shape index (κ1) is 15.1. The minimum Gasteiger partial charge on any atom is -0.478 e. The zero-order chi connectivity index (χ0) is 15.4. The van der Waals surface area contributed by atoms with Crippen LogP contribution in [0.25, 0.3) is 0 Å². The third kappa shape index (κ3) is 3.84. The number of nitrogens with one attached hydrogen (secondary N) is 1. The number of anilines is 1. The molecule has 1 unspecified atom stereocenters. The van der Waals surface area contributed by atoms with Gasteiger partial charge in [-0.3, -0.25) is 0 Å². The van der Waals surface area contributed by atoms with E-state index < -0.39 is 5.97 Å². The van der Waals surface area contributed by atoms with E-state index in [4.69, 9.17) is 4.42 Å². The number of pyridine rings is 1. The average Bonchev–Trinajstić information content (AvgIpc) is 2.85. The molecule has 2 N–H and O–H groups in total. The standard InChI is InChI=1S/C16H20N2O3/c1-4-5-13-8-12(16(19)20)9-15(18-13)17-11(3)14-7-6-10(2)21-14/h6-9,11H,4-5H2,1-3H3,(H,17,18)(H,19,20). The Bertz CT molecular complexity index is 634. The molecule has 0 radical (unpaired) electrons. The fraction of sp³-hybridized carbons (Fsp3) is 0.375. The summed E-state index contributed by atoms with van der Waals surface area (Å²) in [6, 6.07) is 6.90. The zero-order valence-corrected chi connectivity index (χ0v) is 12.5. The molecule has 0 saturated heterocycles. The Morgan fingerprint density at radius 1 is 1.43 bits per heavy atom. The molecule has 0 amide bonds. The molecular formula is C16H20N2O3. The molecule has 2 aromatic rings. The number of carboxylic acid groups (broad SMARTS) is 1. The Kier molecular flexibility index (Phi) is 4.62. The van der Waals surface area contributed by atoms with Gasteiger partial charge < -0.3 is 14.8 Å². The van der Waals surface area contributed by atoms with Gasteiger partial charge >= 0.3 is 5.97 Å². The highest BCUT2D eigenvalue weighted by Crippen LogP contribution is 2.21. The molecule has 0 aromatic carbocycles. The number of hydrogen-bond acceptors (Lipinski definition) is 4. The van der Waals surface area contributed by atoms with Gasteiger partial charge in [-0.05, 0) is 44.5 Å². The van der Waals surface area contributed by atoms with Crippen LogP contribution in [0.2, 0.25) is 0 Å². The quantitative estimate of drug-likeness (QED) is 0.845. The monoisotopic (exact) mass is 288 g/mol. The van der Waals surface area contributed by atoms with Gasteiger partial charge in [0.1, 0.15) is 17.3 Å². The van der Waals surface area contributed by atoms with Crippen molar-refractivity contribution in [1.29, 1.82) is 0 Å². The van der Waals surface area contributed by atoms with Crippen LogP contribution in [0, 0.1) is 6.92 Å². The predicted molar refractivity (Wildman–Crippen MR) is 80.7 cm³/mol. The van der Waals surface area contributed by atoms with E-state index in [0.29, 0.717) is 5.82 Å². The van der Waals surface area contributed by atoms with Crippen LogP contribution in [0.3, 0.4) is 0 Å². The van der Waals surface area contributed by atoms with Crippen LogP contribution in [0.5, 0.6) is 0 Å². The lowest BCUT2D eigenvalue weighted by molar-refractivity contribution is 0.0696. The van der Waals surface area contributed by atoms with Crippen molar-refractivity contribution in [3.63, 3.8) is 0 Å². The summed E-state index contributed by atoms with van der Waals surface area (Å²) in [5, 5.41) is 12.4. The molecule has 1 atom stereocenters. The summed E-state index contributed by atoms with van der Waals surface area (Å²) in [7, 11) is 0. The Morgan fingerprint density at radius 2 is 2.19 bits per heavy atom. The molecule has 0 spiro atoms. The van der Waals surface area contributed by atoms with E-state index in [1.807, 2.05) is 32.9 Å². The Labute approximate surface area is 124 Å². The summed E-state index contributed by atoms with van der Waals surface area (Å²) >= 11 is 0. The molecule has 0 bridgehead atoms. The molecular weight excluding hydrogens is 268 g/mol. The molecule has 0 aliphatic rings. The summed E-state index contributed by atoms with van der Waals surface area (Å²) in [4.78, 5) is 15.7. The van der Waals surface area contributed by atoms with Gasteiger partial charge in [0.15, 0.2) is 0 Å². The maximum atomic E-state index is 11.2. The van der Waals surface area contributed by atoms with Crippen molar-refractivity contribution in [3.8, 4) is 0 Å². The molecule has 2 heterocycles. The topological polar surface area (TPSA) is 75.4 Å². The number of hydrogen-bond donors (Lipinski definition) is 2. The first-order valence-corrected chi connectivity index (χ1v) is 7.06. The molecule has 112 valence electrons. The molecule has 2 aromatic heterocycles. The van der Waals surface area contributed by atoms with E-state index in [9.17, 15) is 9.90 Å². The largest absolute Gasteiger partial charge is 0.478 e. The van der Waals surface area contributed by atoms with Gasteiger partial charge in [-0.1, -0.05) is 13.3 Å². The van der Waals surface area contributed by atoms with E-state index >= 15 is 0 Å². The first-order chi connectivity index (χ1) is 9.99. The number of furan rings is 1. The number of nitrogens with zero attached hydrogens (tertiary/aromatic N) is 1. The molecule has 0 aliphatic carbocycles. The summed E-state index contributed by atoms with van der Waals surface area (Å²) in [5.41, 5.74) is 1.03. The van der Waals surface area contributed by atoms with E-state index in [2.05, 4.69) is 10.3 Å². The van der Waals surface area contributed by atoms with Crippen molar-refractivity contribution in [2.24, 2.45) is 0 Å². The van der Waals surface area contributed by atoms with Crippen molar-refractivity contribution in [2.45, 2.75) is 39.7 Å². The summed E-state index contributed by atoms with van der Waals surface area (Å²) in [5.74, 6) is 1.25. The van der Waals surface area contributed by atoms with Crippen LogP contribution >= 0.6 is 0 Å². The minimum absolute atomic E-state index is 0.0790. The van der Waals surface area contributed by atoms with E-state index in [0.717, 1.165) is 30.1 Å². The maximum Gasteiger partial charge on any atom is 0.335 e. The lowest BCUT2D eigenvalue weighted by atomic mass is 10.1. The molecule has 5 nitrogen and oxygen atoms in total. The molecule has 5 heteroatoms. The number of carbonyl (C=O) groups is 1. The van der Waals surface area contributed by atoms with Crippen LogP contribution in [0.1, 0.15) is 53.9 Å². The SMILES string of the molecule is CCCc1cc(C(=O)O)cc(NC(C)c2ccc(C)o2)n1. The van der Waals surface area contributed by atoms with Crippen molar-refractivity contribution >= 4 is 11.8 Å². The third-order valence-corrected chi connectivity index (χ3v) is 3.18. The fourth-order valence-electron chi connectivity index (χ4n) is 2.15. The van der Waals surface area contributed by atoms with Gasteiger partial charge in [-0.25, -0.2) is 9.78 Å². The Morgan fingerprint density at radius 3 is 2.76 bits per heavy atom.